The van der Waals surface area contributed by atoms with Gasteiger partial charge in [0.15, 0.2) is 0 Å². The van der Waals surface area contributed by atoms with Gasteiger partial charge in [-0.1, -0.05) is 31.6 Å². The van der Waals surface area contributed by atoms with Crippen LogP contribution < -0.4 is 5.73 Å². The molecule has 0 saturated heterocycles. The van der Waals surface area contributed by atoms with Crippen molar-refractivity contribution in [2.75, 3.05) is 13.1 Å². The van der Waals surface area contributed by atoms with Crippen LogP contribution in [0, 0.1) is 5.92 Å². The molecule has 0 saturated carbocycles. The van der Waals surface area contributed by atoms with Gasteiger partial charge in [-0.3, -0.25) is 0 Å². The predicted molar refractivity (Wildman–Crippen MR) is 68.7 cm³/mol. The molecule has 0 atom stereocenters. The quantitative estimate of drug-likeness (QED) is 0.722. The molecule has 1 heterocycles. The molecule has 0 spiro atoms. The Bertz CT molecular complexity index is 386. The van der Waals surface area contributed by atoms with Crippen molar-refractivity contribution in [3.8, 4) is 0 Å². The van der Waals surface area contributed by atoms with E-state index in [0.717, 1.165) is 30.8 Å². The Balaban J connectivity index is 2.13. The second kappa shape index (κ2) is 4.00. The molecule has 0 bridgehead atoms. The Hall–Kier alpha value is -1.18. The summed E-state index contributed by atoms with van der Waals surface area (Å²) in [6.45, 7) is 12.9. The van der Waals surface area contributed by atoms with E-state index in [1.54, 1.807) is 5.57 Å². The number of hydrogen-bond acceptors (Lipinski definition) is 2. The zero-order valence-corrected chi connectivity index (χ0v) is 10.6. The number of nitrogens with zero attached hydrogens (tertiary/aromatic N) is 1. The molecule has 1 aliphatic heterocycles. The molecule has 2 rings (SSSR count). The van der Waals surface area contributed by atoms with Crippen LogP contribution in [0.5, 0.6) is 0 Å². The molecular formula is C14H22N2. The van der Waals surface area contributed by atoms with Crippen molar-refractivity contribution in [2.45, 2.75) is 33.6 Å². The van der Waals surface area contributed by atoms with Crippen LogP contribution in [0.2, 0.25) is 0 Å². The molecule has 88 valence electrons. The molecule has 2 N–H and O–H groups in total. The van der Waals surface area contributed by atoms with E-state index < -0.39 is 0 Å². The van der Waals surface area contributed by atoms with Gasteiger partial charge in [-0.2, -0.15) is 0 Å². The molecule has 0 unspecified atom stereocenters. The van der Waals surface area contributed by atoms with Gasteiger partial charge in [0.25, 0.3) is 0 Å². The smallest absolute Gasteiger partial charge is 0.0543 e. The molecule has 2 aliphatic rings. The summed E-state index contributed by atoms with van der Waals surface area (Å²) in [5.41, 5.74) is 12.5. The number of hydrogen-bond donors (Lipinski definition) is 1. The van der Waals surface area contributed by atoms with Gasteiger partial charge in [-0.05, 0) is 24.8 Å². The average molecular weight is 218 g/mol. The first kappa shape index (κ1) is 11.3. The molecule has 2 heteroatoms. The van der Waals surface area contributed by atoms with Crippen LogP contribution in [0.1, 0.15) is 33.6 Å². The number of nitrogens with two attached hydrogens (primary N) is 1. The minimum atomic E-state index is 0.685. The van der Waals surface area contributed by atoms with Gasteiger partial charge in [0, 0.05) is 25.2 Å². The van der Waals surface area contributed by atoms with Crippen LogP contribution >= 0.6 is 0 Å². The van der Waals surface area contributed by atoms with Crippen molar-refractivity contribution in [1.29, 1.82) is 0 Å². The maximum absolute atomic E-state index is 5.96. The van der Waals surface area contributed by atoms with Crippen LogP contribution in [0.3, 0.4) is 0 Å². The first-order valence-electron chi connectivity index (χ1n) is 6.11. The highest BCUT2D eigenvalue weighted by Crippen LogP contribution is 2.35. The van der Waals surface area contributed by atoms with Crippen molar-refractivity contribution in [3.05, 3.63) is 34.7 Å². The van der Waals surface area contributed by atoms with Gasteiger partial charge in [0.1, 0.15) is 0 Å². The summed E-state index contributed by atoms with van der Waals surface area (Å²) in [6, 6.07) is 0. The lowest BCUT2D eigenvalue weighted by Crippen LogP contribution is -2.36. The summed E-state index contributed by atoms with van der Waals surface area (Å²) in [5, 5.41) is 0. The molecule has 0 aromatic rings. The van der Waals surface area contributed by atoms with E-state index in [-0.39, 0.29) is 0 Å². The molecular weight excluding hydrogens is 196 g/mol. The molecule has 0 fully saturated rings. The van der Waals surface area contributed by atoms with E-state index in [1.165, 1.54) is 17.7 Å². The third kappa shape index (κ3) is 1.77. The average Bonchev–Trinajstić information content (AvgIpc) is 2.24. The predicted octanol–water partition coefficient (Wildman–Crippen LogP) is 2.79. The zero-order chi connectivity index (χ0) is 11.9. The second-order valence-electron chi connectivity index (χ2n) is 5.27. The molecule has 0 radical (unpaired) electrons. The molecule has 2 nitrogen and oxygen atoms in total. The van der Waals surface area contributed by atoms with Crippen molar-refractivity contribution in [1.82, 2.24) is 4.90 Å². The standard InChI is InChI=1S/C14H22N2/c1-9(2)12-5-6-16(8-11(12)4)13-7-10(3)14(13)15/h9H,3,5-8,15H2,1-2,4H3. The summed E-state index contributed by atoms with van der Waals surface area (Å²) in [7, 11) is 0. The molecule has 0 aromatic heterocycles. The number of rotatable bonds is 2. The normalized spacial score (nSPS) is 22.0. The fourth-order valence-corrected chi connectivity index (χ4v) is 2.72. The summed E-state index contributed by atoms with van der Waals surface area (Å²) in [6.07, 6.45) is 2.17. The molecule has 16 heavy (non-hydrogen) atoms. The van der Waals surface area contributed by atoms with E-state index in [4.69, 9.17) is 5.73 Å². The Morgan fingerprint density at radius 3 is 2.50 bits per heavy atom. The molecule has 0 aromatic carbocycles. The van der Waals surface area contributed by atoms with Gasteiger partial charge in [0.05, 0.1) is 5.70 Å². The highest BCUT2D eigenvalue weighted by Gasteiger charge is 2.27. The largest absolute Gasteiger partial charge is 0.397 e. The Kier molecular flexibility index (Phi) is 2.83. The van der Waals surface area contributed by atoms with E-state index >= 15 is 0 Å². The fraction of sp³-hybridized carbons (Fsp3) is 0.571. The van der Waals surface area contributed by atoms with Crippen LogP contribution in [-0.4, -0.2) is 18.0 Å². The Labute approximate surface area is 98.5 Å². The fourth-order valence-electron chi connectivity index (χ4n) is 2.72. The van der Waals surface area contributed by atoms with Crippen molar-refractivity contribution in [2.24, 2.45) is 11.7 Å². The first-order valence-corrected chi connectivity index (χ1v) is 6.11. The highest BCUT2D eigenvalue weighted by molar-refractivity contribution is 5.44. The van der Waals surface area contributed by atoms with Gasteiger partial charge in [-0.25, -0.2) is 0 Å². The maximum Gasteiger partial charge on any atom is 0.0543 e. The third-order valence-electron chi connectivity index (χ3n) is 3.78. The van der Waals surface area contributed by atoms with Gasteiger partial charge in [0.2, 0.25) is 0 Å². The topological polar surface area (TPSA) is 29.3 Å². The van der Waals surface area contributed by atoms with E-state index in [0.29, 0.717) is 5.92 Å². The lowest BCUT2D eigenvalue weighted by molar-refractivity contribution is 0.328. The van der Waals surface area contributed by atoms with Crippen LogP contribution in [-0.2, 0) is 0 Å². The molecule has 0 amide bonds. The van der Waals surface area contributed by atoms with Crippen molar-refractivity contribution < 1.29 is 0 Å². The van der Waals surface area contributed by atoms with Crippen LogP contribution in [0.15, 0.2) is 34.7 Å². The zero-order valence-electron chi connectivity index (χ0n) is 10.6. The van der Waals surface area contributed by atoms with E-state index in [2.05, 4.69) is 32.3 Å². The lowest BCUT2D eigenvalue weighted by Gasteiger charge is -2.39. The van der Waals surface area contributed by atoms with Crippen molar-refractivity contribution in [3.63, 3.8) is 0 Å². The SMILES string of the molecule is C=C1CC(N2CCC(C(C)C)=C(C)C2)=C1N. The minimum absolute atomic E-state index is 0.685. The summed E-state index contributed by atoms with van der Waals surface area (Å²) < 4.78 is 0. The monoisotopic (exact) mass is 218 g/mol. The van der Waals surface area contributed by atoms with E-state index in [1.807, 2.05) is 0 Å². The summed E-state index contributed by atoms with van der Waals surface area (Å²) >= 11 is 0. The van der Waals surface area contributed by atoms with Gasteiger partial charge in [-0.15, -0.1) is 0 Å². The maximum atomic E-state index is 5.96. The highest BCUT2D eigenvalue weighted by atomic mass is 15.2. The summed E-state index contributed by atoms with van der Waals surface area (Å²) in [4.78, 5) is 2.42. The van der Waals surface area contributed by atoms with Gasteiger partial charge < -0.3 is 10.6 Å². The van der Waals surface area contributed by atoms with Crippen LogP contribution in [0.25, 0.3) is 0 Å². The van der Waals surface area contributed by atoms with Crippen LogP contribution in [0.4, 0.5) is 0 Å². The first-order chi connectivity index (χ1) is 7.50. The Morgan fingerprint density at radius 2 is 2.06 bits per heavy atom. The third-order valence-corrected chi connectivity index (χ3v) is 3.78. The number of allylic oxidation sites excluding steroid dienone is 2. The van der Waals surface area contributed by atoms with E-state index in [9.17, 15) is 0 Å². The lowest BCUT2D eigenvalue weighted by atomic mass is 9.88. The van der Waals surface area contributed by atoms with Gasteiger partial charge >= 0.3 is 0 Å². The Morgan fingerprint density at radius 1 is 1.38 bits per heavy atom. The molecule has 1 aliphatic carbocycles. The van der Waals surface area contributed by atoms with Crippen molar-refractivity contribution >= 4 is 0 Å². The second-order valence-corrected chi connectivity index (χ2v) is 5.27. The minimum Gasteiger partial charge on any atom is -0.397 e. The summed E-state index contributed by atoms with van der Waals surface area (Å²) in [5.74, 6) is 0.685.